The molecule has 3 N–H and O–H groups in total. The summed E-state index contributed by atoms with van der Waals surface area (Å²) in [5.74, 6) is -0.522. The van der Waals surface area contributed by atoms with Crippen LogP contribution in [0.1, 0.15) is 55.2 Å². The van der Waals surface area contributed by atoms with E-state index < -0.39 is 27.4 Å². The first-order chi connectivity index (χ1) is 21.7. The van der Waals surface area contributed by atoms with Gasteiger partial charge in [-0.2, -0.15) is 13.2 Å². The fraction of sp³-hybridized carbons (Fsp3) is 0.394. The van der Waals surface area contributed by atoms with Gasteiger partial charge in [-0.3, -0.25) is 19.8 Å². The number of ketones is 1. The monoisotopic (exact) mass is 657 g/mol. The summed E-state index contributed by atoms with van der Waals surface area (Å²) in [4.78, 5) is 26.1. The van der Waals surface area contributed by atoms with Crippen molar-refractivity contribution in [2.24, 2.45) is 27.7 Å². The number of sulfone groups is 1. The fourth-order valence-corrected chi connectivity index (χ4v) is 5.85. The largest absolute Gasteiger partial charge is 0.419 e. The van der Waals surface area contributed by atoms with Crippen LogP contribution < -0.4 is 10.6 Å². The molecule has 2 aromatic rings. The molecule has 1 unspecified atom stereocenters. The second-order valence-corrected chi connectivity index (χ2v) is 13.6. The van der Waals surface area contributed by atoms with Gasteiger partial charge in [-0.25, -0.2) is 8.42 Å². The maximum atomic E-state index is 14.2. The topological polar surface area (TPSA) is 133 Å². The van der Waals surface area contributed by atoms with Crippen LogP contribution in [0.3, 0.4) is 0 Å². The third kappa shape index (κ3) is 9.46. The van der Waals surface area contributed by atoms with Crippen molar-refractivity contribution in [2.45, 2.75) is 46.3 Å². The third-order valence-electron chi connectivity index (χ3n) is 7.65. The molecular formula is C33H38F3N5O4S. The Bertz CT molecular complexity index is 1730. The number of aliphatic hydroxyl groups excluding tert-OH is 1. The minimum absolute atomic E-state index is 0.00886. The molecule has 1 aromatic heterocycles. The van der Waals surface area contributed by atoms with Gasteiger partial charge in [0.05, 0.1) is 23.7 Å². The number of halogens is 3. The predicted molar refractivity (Wildman–Crippen MR) is 174 cm³/mol. The Morgan fingerprint density at radius 1 is 1.24 bits per heavy atom. The van der Waals surface area contributed by atoms with Gasteiger partial charge in [0, 0.05) is 42.3 Å². The zero-order valence-corrected chi connectivity index (χ0v) is 26.9. The van der Waals surface area contributed by atoms with Gasteiger partial charge in [0.15, 0.2) is 15.6 Å². The van der Waals surface area contributed by atoms with Crippen LogP contribution in [0, 0.1) is 17.8 Å². The van der Waals surface area contributed by atoms with E-state index in [-0.39, 0.29) is 55.6 Å². The van der Waals surface area contributed by atoms with Gasteiger partial charge in [0.2, 0.25) is 5.96 Å². The Morgan fingerprint density at radius 2 is 2.00 bits per heavy atom. The minimum atomic E-state index is -4.72. The molecule has 0 saturated carbocycles. The van der Waals surface area contributed by atoms with E-state index in [1.54, 1.807) is 43.3 Å². The van der Waals surface area contributed by atoms with Gasteiger partial charge in [0.25, 0.3) is 0 Å². The molecule has 1 aliphatic heterocycles. The summed E-state index contributed by atoms with van der Waals surface area (Å²) >= 11 is 0. The second-order valence-electron chi connectivity index (χ2n) is 11.7. The molecule has 9 nitrogen and oxygen atoms in total. The number of carbonyl (C=O) groups excluding carboxylic acids is 1. The first-order valence-electron chi connectivity index (χ1n) is 14.8. The van der Waals surface area contributed by atoms with Crippen LogP contribution in [0.25, 0.3) is 5.57 Å². The highest BCUT2D eigenvalue weighted by atomic mass is 32.2. The Labute approximate surface area is 267 Å². The molecule has 0 fully saturated rings. The number of anilines is 1. The van der Waals surface area contributed by atoms with Crippen molar-refractivity contribution in [1.29, 1.82) is 0 Å². The Morgan fingerprint density at radius 3 is 2.67 bits per heavy atom. The number of amidine groups is 1. The highest BCUT2D eigenvalue weighted by Crippen LogP contribution is 2.39. The van der Waals surface area contributed by atoms with E-state index in [9.17, 15) is 31.5 Å². The molecule has 2 atom stereocenters. The minimum Gasteiger partial charge on any atom is -0.396 e. The molecule has 0 amide bonds. The molecule has 4 rings (SSSR count). The molecule has 13 heteroatoms. The van der Waals surface area contributed by atoms with Crippen molar-refractivity contribution in [3.8, 4) is 0 Å². The summed E-state index contributed by atoms with van der Waals surface area (Å²) in [5, 5.41) is 16.4. The summed E-state index contributed by atoms with van der Waals surface area (Å²) in [5.41, 5.74) is 1.98. The number of Topliss-reactive ketones (excluding diaryl/α,β-unsaturated/α-hetero) is 1. The first-order valence-corrected chi connectivity index (χ1v) is 16.8. The number of aliphatic hydroxyl groups is 1. The number of nitrogens with zero attached hydrogens (tertiary/aromatic N) is 3. The molecular weight excluding hydrogens is 619 g/mol. The smallest absolute Gasteiger partial charge is 0.396 e. The van der Waals surface area contributed by atoms with Crippen molar-refractivity contribution >= 4 is 38.7 Å². The van der Waals surface area contributed by atoms with Crippen LogP contribution in [0.15, 0.2) is 81.3 Å². The summed E-state index contributed by atoms with van der Waals surface area (Å²) in [6.07, 6.45) is 1.37. The summed E-state index contributed by atoms with van der Waals surface area (Å²) in [6, 6.07) is 9.87. The number of pyridine rings is 1. The molecule has 1 aromatic carbocycles. The van der Waals surface area contributed by atoms with Crippen molar-refractivity contribution in [2.75, 3.05) is 24.7 Å². The number of rotatable bonds is 11. The number of benzene rings is 1. The van der Waals surface area contributed by atoms with Crippen molar-refractivity contribution < 1.29 is 31.5 Å². The molecule has 0 spiro atoms. The van der Waals surface area contributed by atoms with Gasteiger partial charge in [-0.05, 0) is 60.9 Å². The van der Waals surface area contributed by atoms with Crippen LogP contribution in [0.5, 0.6) is 0 Å². The average Bonchev–Trinajstić information content (AvgIpc) is 3.74. The maximum absolute atomic E-state index is 14.2. The van der Waals surface area contributed by atoms with E-state index in [0.717, 1.165) is 23.3 Å². The lowest BCUT2D eigenvalue weighted by atomic mass is 9.90. The first kappa shape index (κ1) is 34.8. The molecule has 0 saturated heterocycles. The Balaban J connectivity index is 1.55. The fourth-order valence-electron chi connectivity index (χ4n) is 5.09. The predicted octanol–water partition coefficient (Wildman–Crippen LogP) is 5.73. The van der Waals surface area contributed by atoms with E-state index in [1.165, 1.54) is 6.20 Å². The van der Waals surface area contributed by atoms with E-state index >= 15 is 0 Å². The molecule has 0 radical (unpaired) electrons. The van der Waals surface area contributed by atoms with Crippen molar-refractivity contribution in [3.05, 3.63) is 88.1 Å². The van der Waals surface area contributed by atoms with Gasteiger partial charge in [-0.1, -0.05) is 49.8 Å². The Hall–Kier alpha value is -4.10. The lowest BCUT2D eigenvalue weighted by Crippen LogP contribution is -2.41. The summed E-state index contributed by atoms with van der Waals surface area (Å²) in [7, 11) is -3.49. The quantitative estimate of drug-likeness (QED) is 0.208. The maximum Gasteiger partial charge on any atom is 0.419 e. The van der Waals surface area contributed by atoms with E-state index in [1.807, 2.05) is 19.9 Å². The van der Waals surface area contributed by atoms with Crippen molar-refractivity contribution in [3.63, 3.8) is 0 Å². The molecule has 2 aliphatic rings. The van der Waals surface area contributed by atoms with Gasteiger partial charge in [-0.15, -0.1) is 0 Å². The normalized spacial score (nSPS) is 19.0. The van der Waals surface area contributed by atoms with Crippen LogP contribution in [-0.4, -0.2) is 61.7 Å². The number of aromatic nitrogens is 1. The van der Waals surface area contributed by atoms with Crippen LogP contribution in [0.2, 0.25) is 0 Å². The highest BCUT2D eigenvalue weighted by Gasteiger charge is 2.38. The van der Waals surface area contributed by atoms with Gasteiger partial charge < -0.3 is 15.7 Å². The number of carbonyl (C=O) groups is 1. The van der Waals surface area contributed by atoms with Crippen LogP contribution in [0.4, 0.5) is 18.9 Å². The zero-order chi connectivity index (χ0) is 33.6. The van der Waals surface area contributed by atoms with Gasteiger partial charge in [0.1, 0.15) is 5.84 Å². The number of allylic oxidation sites excluding steroid dienone is 3. The number of guanidine groups is 1. The van der Waals surface area contributed by atoms with Crippen LogP contribution >= 0.6 is 0 Å². The number of hydrogen-bond donors (Lipinski definition) is 3. The molecule has 246 valence electrons. The molecule has 1 aliphatic carbocycles. The third-order valence-corrected chi connectivity index (χ3v) is 8.43. The molecule has 0 bridgehead atoms. The lowest BCUT2D eigenvalue weighted by Gasteiger charge is -2.21. The highest BCUT2D eigenvalue weighted by molar-refractivity contribution is 7.93. The molecule has 2 heterocycles. The SMILES string of the molecule is C/C(=C\S(C)(=O)=O)c1ncccc1CN=C1NC(Nc2cccc(C(=O)C3C=C3C[C@H](CO)C(C)C)c2)=NCCC=C1C(F)(F)F. The number of hydrogen-bond acceptors (Lipinski definition) is 8. The summed E-state index contributed by atoms with van der Waals surface area (Å²) in [6.45, 7) is 5.50. The average molecular weight is 658 g/mol. The number of nitrogens with one attached hydrogen (secondary N) is 2. The number of alkyl halides is 3. The Kier molecular flexibility index (Phi) is 11.0. The number of aliphatic imine (C=N–C) groups is 2. The van der Waals surface area contributed by atoms with Crippen LogP contribution in [-0.2, 0) is 16.4 Å². The van der Waals surface area contributed by atoms with Crippen molar-refractivity contribution in [1.82, 2.24) is 10.3 Å². The van der Waals surface area contributed by atoms with E-state index in [4.69, 9.17) is 0 Å². The zero-order valence-electron chi connectivity index (χ0n) is 26.1. The van der Waals surface area contributed by atoms with E-state index in [2.05, 4.69) is 25.6 Å². The second kappa shape index (κ2) is 14.5. The summed E-state index contributed by atoms with van der Waals surface area (Å²) < 4.78 is 66.2. The standard InChI is InChI=1S/C33H38F3N5O4S/c1-20(2)25(18-42)14-24-16-27(24)30(43)22-8-5-10-26(15-22)40-32-38-13-7-11-28(33(34,35)36)31(41-32)39-17-23-9-6-12-37-29(23)21(3)19-46(4,44)45/h5-6,8-12,15-16,19-20,25,27,42H,7,13-14,17-18H2,1-4H3,(H2,38,39,40,41)/b21-19+,28-11?/t25-,27?/m1/s1. The van der Waals surface area contributed by atoms with E-state index in [0.29, 0.717) is 34.5 Å². The van der Waals surface area contributed by atoms with Gasteiger partial charge >= 0.3 is 6.18 Å². The lowest BCUT2D eigenvalue weighted by molar-refractivity contribution is -0.0865. The molecule has 46 heavy (non-hydrogen) atoms.